The van der Waals surface area contributed by atoms with Crippen molar-refractivity contribution in [2.75, 3.05) is 14.1 Å². The van der Waals surface area contributed by atoms with Crippen LogP contribution in [0.4, 0.5) is 0 Å². The van der Waals surface area contributed by atoms with Crippen LogP contribution in [0.5, 0.6) is 0 Å². The summed E-state index contributed by atoms with van der Waals surface area (Å²) in [5.41, 5.74) is 14.1. The molecule has 2 aliphatic rings. The number of aryl methyl sites for hydroxylation is 6. The topological polar surface area (TPSA) is 69.7 Å². The summed E-state index contributed by atoms with van der Waals surface area (Å²) >= 11 is 3.62. The summed E-state index contributed by atoms with van der Waals surface area (Å²) in [7, 11) is 4.12. The van der Waals surface area contributed by atoms with E-state index in [2.05, 4.69) is 128 Å². The first-order chi connectivity index (χ1) is 24.5. The number of nitrogens with zero attached hydrogens (tertiary/aromatic N) is 6. The third-order valence-electron chi connectivity index (χ3n) is 10.8. The monoisotopic (exact) mass is 901 g/mol. The van der Waals surface area contributed by atoms with E-state index in [1.165, 1.54) is 65.0 Å². The van der Waals surface area contributed by atoms with Crippen molar-refractivity contribution in [3.8, 4) is 20.9 Å². The van der Waals surface area contributed by atoms with Gasteiger partial charge in [-0.1, -0.05) is 36.4 Å². The predicted octanol–water partition coefficient (Wildman–Crippen LogP) is 9.21. The number of hydrogen-bond donors (Lipinski definition) is 0. The van der Waals surface area contributed by atoms with Crippen LogP contribution in [-0.4, -0.2) is 47.7 Å². The van der Waals surface area contributed by atoms with Crippen LogP contribution in [0.15, 0.2) is 84.1 Å². The number of hydrogen-bond acceptors (Lipinski definition) is 7. The molecule has 0 bridgehead atoms. The van der Waals surface area contributed by atoms with Gasteiger partial charge in [-0.25, -0.2) is 0 Å². The third-order valence-corrected chi connectivity index (χ3v) is 13.4. The maximum absolute atomic E-state index is 6.62. The van der Waals surface area contributed by atoms with Gasteiger partial charge >= 0.3 is 21.1 Å². The average Bonchev–Trinajstić information content (AvgIpc) is 3.79. The number of allylic oxidation sites excluding steroid dienone is 2. The van der Waals surface area contributed by atoms with E-state index in [4.69, 9.17) is 25.2 Å². The van der Waals surface area contributed by atoms with Gasteiger partial charge < -0.3 is 24.8 Å². The molecule has 2 aliphatic heterocycles. The quantitative estimate of drug-likeness (QED) is 0.156. The number of thiophene rings is 2. The summed E-state index contributed by atoms with van der Waals surface area (Å²) in [6.45, 7) is 16.7. The third kappa shape index (κ3) is 5.67. The molecule has 0 amide bonds. The van der Waals surface area contributed by atoms with Gasteiger partial charge in [0.15, 0.2) is 0 Å². The summed E-state index contributed by atoms with van der Waals surface area (Å²) in [5, 5.41) is 12.7. The van der Waals surface area contributed by atoms with E-state index >= 15 is 0 Å². The fraction of sp³-hybridized carbons (Fsp3) is 0.250. The minimum atomic E-state index is -0.309. The smallest absolute Gasteiger partial charge is 0.651 e. The molecule has 2 aromatic carbocycles. The van der Waals surface area contributed by atoms with E-state index in [0.29, 0.717) is 11.8 Å². The Morgan fingerprint density at radius 2 is 0.942 bits per heavy atom. The van der Waals surface area contributed by atoms with Crippen molar-refractivity contribution in [1.82, 2.24) is 19.6 Å². The van der Waals surface area contributed by atoms with Crippen molar-refractivity contribution in [1.29, 1.82) is 0 Å². The Bertz CT molecular complexity index is 2260. The average molecular weight is 902 g/mol. The van der Waals surface area contributed by atoms with Gasteiger partial charge in [-0.05, 0) is 137 Å². The van der Waals surface area contributed by atoms with Crippen molar-refractivity contribution in [2.45, 2.75) is 55.4 Å². The van der Waals surface area contributed by atoms with Crippen molar-refractivity contribution >= 4 is 68.0 Å². The zero-order valence-electron chi connectivity index (χ0n) is 31.2. The Morgan fingerprint density at radius 1 is 0.577 bits per heavy atom. The van der Waals surface area contributed by atoms with Crippen molar-refractivity contribution in [2.24, 2.45) is 0 Å². The Balaban J connectivity index is 0.00000420. The zero-order chi connectivity index (χ0) is 35.9. The fourth-order valence-electron chi connectivity index (χ4n) is 7.56. The predicted molar refractivity (Wildman–Crippen MR) is 218 cm³/mol. The van der Waals surface area contributed by atoms with Gasteiger partial charge in [0, 0.05) is 65.9 Å². The van der Waals surface area contributed by atoms with Crippen molar-refractivity contribution in [3.63, 3.8) is 0 Å². The van der Waals surface area contributed by atoms with Crippen LogP contribution >= 0.6 is 22.7 Å². The molecular weight excluding hydrogens is 861 g/mol. The number of fused-ring (bicyclic) bond motifs is 2. The van der Waals surface area contributed by atoms with E-state index in [0.717, 1.165) is 32.0 Å². The minimum absolute atomic E-state index is 0. The molecule has 0 atom stereocenters. The molecule has 7 nitrogen and oxygen atoms in total. The van der Waals surface area contributed by atoms with Gasteiger partial charge in [-0.2, -0.15) is 0 Å². The fourth-order valence-corrected chi connectivity index (χ4v) is 10.5. The van der Waals surface area contributed by atoms with Crippen LogP contribution in [0, 0.1) is 41.5 Å². The first-order valence-corrected chi connectivity index (χ1v) is 19.0. The van der Waals surface area contributed by atoms with Gasteiger partial charge in [0.1, 0.15) is 0 Å². The van der Waals surface area contributed by atoms with Gasteiger partial charge in [0.25, 0.3) is 0 Å². The standard InChI is InChI=1S/C40H40B2N6OS2.Pt/c1-21-13-11-14-22(2)31(21)33-25(5)29-17-19-43-37(35(29)50-33)41-45-39(27(7)47(41)9)49-40-28(8)48(10)42(46-40)38-36-30(18-20-44-38)26(6)34(51-36)32-23(3)15-12-16-24(32)4;/h11-20H,1-10H3;/q-2;+2. The molecule has 264 valence electrons. The molecule has 0 N–H and O–H groups in total. The van der Waals surface area contributed by atoms with Crippen LogP contribution in [-0.2, 0) is 25.8 Å². The molecule has 0 radical (unpaired) electrons. The van der Waals surface area contributed by atoms with Gasteiger partial charge in [0.2, 0.25) is 14.0 Å². The number of benzene rings is 2. The van der Waals surface area contributed by atoms with Crippen LogP contribution in [0.2, 0.25) is 0 Å². The second kappa shape index (κ2) is 13.7. The first-order valence-electron chi connectivity index (χ1n) is 17.3. The van der Waals surface area contributed by atoms with E-state index < -0.39 is 0 Å². The van der Waals surface area contributed by atoms with Crippen molar-refractivity contribution in [3.05, 3.63) is 128 Å². The maximum atomic E-state index is 6.62. The number of rotatable bonds is 6. The molecule has 8 rings (SSSR count). The molecule has 6 heterocycles. The normalized spacial score (nSPS) is 14.6. The van der Waals surface area contributed by atoms with E-state index in [1.807, 2.05) is 35.1 Å². The van der Waals surface area contributed by atoms with Crippen LogP contribution in [0.1, 0.15) is 47.2 Å². The SMILES string of the molecule is CC1=C(OC2=C(C)N(C)B(c3nccc4c(C)c(-c5c(C)cccc5C)sc34)[N-]2)[N-]B(c2nccc3c(C)c(-c4c(C)cccc4C)sc23)N1C.[Pt+2]. The molecule has 4 aromatic heterocycles. The Hall–Kier alpha value is -4.04. The van der Waals surface area contributed by atoms with Crippen LogP contribution < -0.4 is 11.2 Å². The molecule has 0 spiro atoms. The van der Waals surface area contributed by atoms with Crippen LogP contribution in [0.3, 0.4) is 0 Å². The summed E-state index contributed by atoms with van der Waals surface area (Å²) in [6, 6.07) is 17.3. The molecule has 12 heteroatoms. The van der Waals surface area contributed by atoms with Gasteiger partial charge in [-0.15, -0.1) is 22.7 Å². The molecular formula is C40H40B2N6OPtS2. The summed E-state index contributed by atoms with van der Waals surface area (Å²) in [5.74, 6) is 1.12. The zero-order valence-corrected chi connectivity index (χ0v) is 35.1. The largest absolute Gasteiger partial charge is 2.00 e. The second-order valence-electron chi connectivity index (χ2n) is 13.9. The van der Waals surface area contributed by atoms with Gasteiger partial charge in [-0.3, -0.25) is 9.97 Å². The number of aromatic nitrogens is 2. The molecule has 6 aromatic rings. The molecule has 52 heavy (non-hydrogen) atoms. The summed E-state index contributed by atoms with van der Waals surface area (Å²) in [6.07, 6.45) is 3.82. The van der Waals surface area contributed by atoms with Crippen LogP contribution in [0.25, 0.3) is 51.5 Å². The van der Waals surface area contributed by atoms with Crippen molar-refractivity contribution < 1.29 is 25.8 Å². The number of ether oxygens (including phenoxy) is 1. The maximum Gasteiger partial charge on any atom is 2.00 e. The Labute approximate surface area is 329 Å². The van der Waals surface area contributed by atoms with E-state index in [9.17, 15) is 0 Å². The summed E-state index contributed by atoms with van der Waals surface area (Å²) < 4.78 is 8.94. The summed E-state index contributed by atoms with van der Waals surface area (Å²) in [4.78, 5) is 16.7. The minimum Gasteiger partial charge on any atom is -0.651 e. The second-order valence-corrected chi connectivity index (χ2v) is 15.9. The number of pyridine rings is 2. The molecule has 0 saturated carbocycles. The Morgan fingerprint density at radius 3 is 1.31 bits per heavy atom. The van der Waals surface area contributed by atoms with E-state index in [1.54, 1.807) is 0 Å². The Kier molecular flexibility index (Phi) is 9.60. The van der Waals surface area contributed by atoms with Gasteiger partial charge in [0.05, 0.1) is 0 Å². The molecule has 0 saturated heterocycles. The first kappa shape index (κ1) is 36.3. The molecule has 0 unspecified atom stereocenters. The molecule has 0 fully saturated rings. The molecule has 0 aliphatic carbocycles. The van der Waals surface area contributed by atoms with E-state index in [-0.39, 0.29) is 35.0 Å².